The largest absolute Gasteiger partial charge is 0.351 e. The maximum Gasteiger partial charge on any atom is 0.286 e. The molecular weight excluding hydrogens is 304 g/mol. The molecule has 1 saturated heterocycles. The zero-order valence-corrected chi connectivity index (χ0v) is 13.2. The van der Waals surface area contributed by atoms with Crippen molar-refractivity contribution in [1.82, 2.24) is 14.3 Å². The molecular formula is C14H14N4OS2. The maximum atomic E-state index is 12.1. The monoisotopic (exact) mass is 318 g/mol. The van der Waals surface area contributed by atoms with E-state index in [0.717, 1.165) is 34.6 Å². The molecule has 0 aliphatic carbocycles. The second-order valence-corrected chi connectivity index (χ2v) is 7.02. The van der Waals surface area contributed by atoms with Crippen molar-refractivity contribution in [2.24, 2.45) is 4.99 Å². The quantitative estimate of drug-likeness (QED) is 0.759. The van der Waals surface area contributed by atoms with E-state index in [2.05, 4.69) is 14.9 Å². The summed E-state index contributed by atoms with van der Waals surface area (Å²) in [4.78, 5) is 24.7. The first kappa shape index (κ1) is 13.1. The number of nitrogens with zero attached hydrogens (tertiary/aromatic N) is 4. The smallest absolute Gasteiger partial charge is 0.286 e. The number of hydrogen-bond acceptors (Lipinski definition) is 5. The van der Waals surface area contributed by atoms with Gasteiger partial charge in [0.15, 0.2) is 10.1 Å². The number of rotatable bonds is 1. The normalized spacial score (nSPS) is 21.0. The van der Waals surface area contributed by atoms with Gasteiger partial charge in [0.25, 0.3) is 5.91 Å². The first-order valence-corrected chi connectivity index (χ1v) is 8.61. The number of amidine groups is 1. The predicted octanol–water partition coefficient (Wildman–Crippen LogP) is 2.77. The summed E-state index contributed by atoms with van der Waals surface area (Å²) < 4.78 is 2.02. The number of hydrogen-bond donors (Lipinski definition) is 0. The Kier molecular flexibility index (Phi) is 3.11. The zero-order valence-electron chi connectivity index (χ0n) is 11.6. The van der Waals surface area contributed by atoms with Crippen molar-refractivity contribution in [3.8, 4) is 0 Å². The number of thiazole rings is 1. The average Bonchev–Trinajstić information content (AvgIpc) is 3.18. The molecule has 0 N–H and O–H groups in total. The van der Waals surface area contributed by atoms with Crippen LogP contribution in [0.2, 0.25) is 0 Å². The Bertz CT molecular complexity index is 780. The molecule has 0 spiro atoms. The van der Waals surface area contributed by atoms with Gasteiger partial charge in [-0.05, 0) is 37.6 Å². The number of aromatic nitrogens is 2. The second-order valence-electron chi connectivity index (χ2n) is 5.14. The maximum absolute atomic E-state index is 12.1. The fraction of sp³-hybridized carbons (Fsp3) is 0.357. The number of likely N-dealkylation sites (tertiary alicyclic amines) is 1. The van der Waals surface area contributed by atoms with Gasteiger partial charge in [-0.2, -0.15) is 4.99 Å². The highest BCUT2D eigenvalue weighted by atomic mass is 32.2. The predicted molar refractivity (Wildman–Crippen MR) is 86.6 cm³/mol. The van der Waals surface area contributed by atoms with E-state index in [0.29, 0.717) is 4.91 Å². The second kappa shape index (κ2) is 4.99. The van der Waals surface area contributed by atoms with Crippen molar-refractivity contribution < 1.29 is 4.79 Å². The molecule has 2 aliphatic heterocycles. The van der Waals surface area contributed by atoms with Crippen LogP contribution in [0.15, 0.2) is 21.5 Å². The van der Waals surface area contributed by atoms with Crippen LogP contribution in [0.3, 0.4) is 0 Å². The summed E-state index contributed by atoms with van der Waals surface area (Å²) in [5.74, 6) is -0.133. The van der Waals surface area contributed by atoms with Gasteiger partial charge in [0.05, 0.1) is 16.3 Å². The van der Waals surface area contributed by atoms with Gasteiger partial charge in [-0.3, -0.25) is 9.20 Å². The number of imidazole rings is 1. The Balaban J connectivity index is 1.66. The van der Waals surface area contributed by atoms with E-state index in [1.54, 1.807) is 11.3 Å². The van der Waals surface area contributed by atoms with Crippen molar-refractivity contribution >= 4 is 45.2 Å². The number of amides is 1. The van der Waals surface area contributed by atoms with Crippen LogP contribution in [-0.4, -0.2) is 38.4 Å². The standard InChI is InChI=1S/C14H14N4OS2/c1-9-10(18-6-7-20-14(18)15-9)8-11-12(19)16-13(21-11)17-4-2-3-5-17/h6-8H,2-5H2,1H3/b11-8-. The Morgan fingerprint density at radius 1 is 1.33 bits per heavy atom. The molecule has 0 saturated carbocycles. The minimum Gasteiger partial charge on any atom is -0.351 e. The molecule has 1 amide bonds. The first-order chi connectivity index (χ1) is 10.2. The van der Waals surface area contributed by atoms with Gasteiger partial charge in [-0.1, -0.05) is 0 Å². The van der Waals surface area contributed by atoms with E-state index >= 15 is 0 Å². The van der Waals surface area contributed by atoms with Gasteiger partial charge in [-0.15, -0.1) is 11.3 Å². The zero-order chi connectivity index (χ0) is 14.4. The number of aliphatic imine (C=N–C) groups is 1. The van der Waals surface area contributed by atoms with Crippen LogP contribution in [0.25, 0.3) is 11.0 Å². The summed E-state index contributed by atoms with van der Waals surface area (Å²) in [6.45, 7) is 3.98. The topological polar surface area (TPSA) is 50.0 Å². The van der Waals surface area contributed by atoms with Crippen molar-refractivity contribution in [3.63, 3.8) is 0 Å². The lowest BCUT2D eigenvalue weighted by molar-refractivity contribution is -0.113. The van der Waals surface area contributed by atoms with E-state index in [1.807, 2.05) is 29.0 Å². The molecule has 1 fully saturated rings. The summed E-state index contributed by atoms with van der Waals surface area (Å²) in [5.41, 5.74) is 1.91. The molecule has 0 radical (unpaired) electrons. The van der Waals surface area contributed by atoms with Gasteiger partial charge in [0.1, 0.15) is 0 Å². The Morgan fingerprint density at radius 3 is 2.95 bits per heavy atom. The molecule has 0 aromatic carbocycles. The van der Waals surface area contributed by atoms with E-state index < -0.39 is 0 Å². The molecule has 4 heterocycles. The van der Waals surface area contributed by atoms with Gasteiger partial charge < -0.3 is 4.90 Å². The van der Waals surface area contributed by atoms with Crippen LogP contribution < -0.4 is 0 Å². The van der Waals surface area contributed by atoms with Crippen molar-refractivity contribution in [2.75, 3.05) is 13.1 Å². The minimum atomic E-state index is -0.133. The lowest BCUT2D eigenvalue weighted by Gasteiger charge is -2.14. The Labute approximate surface area is 130 Å². The van der Waals surface area contributed by atoms with E-state index in [-0.39, 0.29) is 5.91 Å². The molecule has 21 heavy (non-hydrogen) atoms. The average molecular weight is 318 g/mol. The highest BCUT2D eigenvalue weighted by Crippen LogP contribution is 2.32. The molecule has 108 valence electrons. The summed E-state index contributed by atoms with van der Waals surface area (Å²) in [6.07, 6.45) is 6.27. The molecule has 7 heteroatoms. The van der Waals surface area contributed by atoms with Gasteiger partial charge in [-0.25, -0.2) is 4.98 Å². The molecule has 0 unspecified atom stereocenters. The van der Waals surface area contributed by atoms with Crippen molar-refractivity contribution in [3.05, 3.63) is 27.9 Å². The van der Waals surface area contributed by atoms with Gasteiger partial charge >= 0.3 is 0 Å². The van der Waals surface area contributed by atoms with E-state index in [9.17, 15) is 4.79 Å². The lowest BCUT2D eigenvalue weighted by atomic mass is 10.3. The number of carbonyl (C=O) groups excluding carboxylic acids is 1. The third-order valence-corrected chi connectivity index (χ3v) is 5.54. The first-order valence-electron chi connectivity index (χ1n) is 6.92. The van der Waals surface area contributed by atoms with Crippen LogP contribution in [0.4, 0.5) is 0 Å². The summed E-state index contributed by atoms with van der Waals surface area (Å²) in [7, 11) is 0. The summed E-state index contributed by atoms with van der Waals surface area (Å²) in [6, 6.07) is 0. The van der Waals surface area contributed by atoms with Crippen LogP contribution >= 0.6 is 23.1 Å². The molecule has 4 rings (SSSR count). The molecule has 0 atom stereocenters. The number of aryl methyl sites for hydroxylation is 1. The highest BCUT2D eigenvalue weighted by molar-refractivity contribution is 8.18. The molecule has 2 aromatic rings. The number of fused-ring (bicyclic) bond motifs is 1. The minimum absolute atomic E-state index is 0.133. The van der Waals surface area contributed by atoms with Crippen LogP contribution in [0.5, 0.6) is 0 Å². The molecule has 5 nitrogen and oxygen atoms in total. The Morgan fingerprint density at radius 2 is 2.14 bits per heavy atom. The molecule has 2 aliphatic rings. The van der Waals surface area contributed by atoms with Crippen LogP contribution in [0.1, 0.15) is 24.2 Å². The fourth-order valence-electron chi connectivity index (χ4n) is 2.65. The Hall–Kier alpha value is -1.60. The summed E-state index contributed by atoms with van der Waals surface area (Å²) in [5, 5.41) is 2.85. The third kappa shape index (κ3) is 2.20. The van der Waals surface area contributed by atoms with Crippen LogP contribution in [0, 0.1) is 6.92 Å². The fourth-order valence-corrected chi connectivity index (χ4v) is 4.36. The molecule has 0 bridgehead atoms. The van der Waals surface area contributed by atoms with E-state index in [4.69, 9.17) is 0 Å². The van der Waals surface area contributed by atoms with Crippen molar-refractivity contribution in [2.45, 2.75) is 19.8 Å². The number of carbonyl (C=O) groups is 1. The van der Waals surface area contributed by atoms with Gasteiger partial charge in [0.2, 0.25) is 0 Å². The SMILES string of the molecule is Cc1nc2sccn2c1/C=C1\SC(N2CCCC2)=NC1=O. The highest BCUT2D eigenvalue weighted by Gasteiger charge is 2.28. The van der Waals surface area contributed by atoms with Crippen molar-refractivity contribution in [1.29, 1.82) is 0 Å². The van der Waals surface area contributed by atoms with Crippen LogP contribution in [-0.2, 0) is 4.79 Å². The lowest BCUT2D eigenvalue weighted by Crippen LogP contribution is -2.23. The summed E-state index contributed by atoms with van der Waals surface area (Å²) >= 11 is 3.08. The number of thioether (sulfide) groups is 1. The van der Waals surface area contributed by atoms with Gasteiger partial charge in [0, 0.05) is 24.7 Å². The third-order valence-electron chi connectivity index (χ3n) is 3.74. The van der Waals surface area contributed by atoms with E-state index in [1.165, 1.54) is 24.6 Å². The molecule has 2 aromatic heterocycles.